The third kappa shape index (κ3) is 6.19. The van der Waals surface area contributed by atoms with E-state index in [1.54, 1.807) is 30.3 Å². The van der Waals surface area contributed by atoms with Gasteiger partial charge in [-0.25, -0.2) is 9.79 Å². The Morgan fingerprint density at radius 3 is 2.29 bits per heavy atom. The number of unbranched alkanes of at least 4 members (excludes halogenated alkanes) is 7. The van der Waals surface area contributed by atoms with Gasteiger partial charge in [0.15, 0.2) is 11.6 Å². The van der Waals surface area contributed by atoms with Crippen molar-refractivity contribution in [1.29, 1.82) is 0 Å². The summed E-state index contributed by atoms with van der Waals surface area (Å²) in [5.74, 6) is 0.332. The number of hydrogen-bond acceptors (Lipinski definition) is 4. The van der Waals surface area contributed by atoms with Gasteiger partial charge in [0.2, 0.25) is 0 Å². The maximum Gasteiger partial charge on any atom is 0.363 e. The van der Waals surface area contributed by atoms with Crippen LogP contribution >= 0.6 is 0 Å². The zero-order valence-electron chi connectivity index (χ0n) is 14.5. The Labute approximate surface area is 144 Å². The van der Waals surface area contributed by atoms with E-state index in [1.165, 1.54) is 38.5 Å². The van der Waals surface area contributed by atoms with Crippen LogP contribution in [-0.2, 0) is 9.53 Å². The fourth-order valence-electron chi connectivity index (χ4n) is 2.70. The largest absolute Gasteiger partial charge is 0.508 e. The summed E-state index contributed by atoms with van der Waals surface area (Å²) in [5.41, 5.74) is 1.15. The minimum Gasteiger partial charge on any atom is -0.508 e. The van der Waals surface area contributed by atoms with Crippen LogP contribution in [0, 0.1) is 0 Å². The first-order valence-electron chi connectivity index (χ1n) is 8.99. The van der Waals surface area contributed by atoms with Crippen LogP contribution in [0.25, 0.3) is 6.08 Å². The van der Waals surface area contributed by atoms with Crippen LogP contribution in [0.15, 0.2) is 35.0 Å². The van der Waals surface area contributed by atoms with Crippen LogP contribution in [0.4, 0.5) is 0 Å². The van der Waals surface area contributed by atoms with E-state index >= 15 is 0 Å². The standard InChI is InChI=1S/C20H27NO3/c1-2-3-4-5-6-7-8-9-10-19-21-18(20(23)24-19)15-16-11-13-17(22)14-12-16/h11-15,22H,2-10H2,1H3. The molecule has 1 aromatic carbocycles. The Balaban J connectivity index is 1.72. The molecule has 0 unspecified atom stereocenters. The Hall–Kier alpha value is -2.10. The number of aromatic hydroxyl groups is 1. The molecule has 0 aromatic heterocycles. The second-order valence-corrected chi connectivity index (χ2v) is 6.24. The monoisotopic (exact) mass is 329 g/mol. The van der Waals surface area contributed by atoms with Gasteiger partial charge in [0, 0.05) is 6.42 Å². The molecule has 0 atom stereocenters. The third-order valence-corrected chi connectivity index (χ3v) is 4.11. The molecule has 0 amide bonds. The van der Waals surface area contributed by atoms with Crippen molar-refractivity contribution in [2.24, 2.45) is 4.99 Å². The van der Waals surface area contributed by atoms with Gasteiger partial charge < -0.3 is 9.84 Å². The molecule has 0 saturated carbocycles. The number of esters is 1. The van der Waals surface area contributed by atoms with Crippen LogP contribution < -0.4 is 0 Å². The quantitative estimate of drug-likeness (QED) is 0.364. The van der Waals surface area contributed by atoms with Gasteiger partial charge in [0.05, 0.1) is 0 Å². The van der Waals surface area contributed by atoms with E-state index in [2.05, 4.69) is 11.9 Å². The molecule has 1 N–H and O–H groups in total. The highest BCUT2D eigenvalue weighted by Crippen LogP contribution is 2.19. The number of cyclic esters (lactones) is 1. The maximum atomic E-state index is 11.8. The Bertz CT molecular complexity index is 587. The lowest BCUT2D eigenvalue weighted by molar-refractivity contribution is -0.130. The van der Waals surface area contributed by atoms with E-state index in [0.717, 1.165) is 18.4 Å². The number of rotatable bonds is 10. The molecule has 1 aromatic rings. The predicted molar refractivity (Wildman–Crippen MR) is 96.8 cm³/mol. The minimum atomic E-state index is -0.391. The summed E-state index contributed by atoms with van der Waals surface area (Å²) in [6.45, 7) is 2.23. The summed E-state index contributed by atoms with van der Waals surface area (Å²) < 4.78 is 5.22. The van der Waals surface area contributed by atoms with Gasteiger partial charge >= 0.3 is 5.97 Å². The first-order valence-corrected chi connectivity index (χ1v) is 8.99. The highest BCUT2D eigenvalue weighted by molar-refractivity contribution is 6.07. The van der Waals surface area contributed by atoms with Crippen molar-refractivity contribution < 1.29 is 14.6 Å². The van der Waals surface area contributed by atoms with Gasteiger partial charge in [-0.15, -0.1) is 0 Å². The van der Waals surface area contributed by atoms with E-state index in [0.29, 0.717) is 18.0 Å². The lowest BCUT2D eigenvalue weighted by Gasteiger charge is -2.01. The lowest BCUT2D eigenvalue weighted by atomic mass is 10.1. The van der Waals surface area contributed by atoms with Gasteiger partial charge in [-0.2, -0.15) is 0 Å². The van der Waals surface area contributed by atoms with Crippen molar-refractivity contribution in [2.45, 2.75) is 64.7 Å². The second-order valence-electron chi connectivity index (χ2n) is 6.24. The molecule has 130 valence electrons. The van der Waals surface area contributed by atoms with Crippen molar-refractivity contribution in [3.8, 4) is 5.75 Å². The molecule has 1 aliphatic heterocycles. The summed E-state index contributed by atoms with van der Waals surface area (Å²) in [4.78, 5) is 16.1. The first-order chi connectivity index (χ1) is 11.7. The Morgan fingerprint density at radius 1 is 1.00 bits per heavy atom. The normalized spacial score (nSPS) is 15.6. The van der Waals surface area contributed by atoms with Crippen molar-refractivity contribution in [3.05, 3.63) is 35.5 Å². The van der Waals surface area contributed by atoms with Gasteiger partial charge in [0.1, 0.15) is 5.75 Å². The molecule has 0 fully saturated rings. The molecule has 0 spiro atoms. The summed E-state index contributed by atoms with van der Waals surface area (Å²) in [5, 5.41) is 9.27. The van der Waals surface area contributed by atoms with Crippen LogP contribution in [0.5, 0.6) is 5.75 Å². The Morgan fingerprint density at radius 2 is 1.62 bits per heavy atom. The maximum absolute atomic E-state index is 11.8. The number of nitrogens with zero attached hydrogens (tertiary/aromatic N) is 1. The van der Waals surface area contributed by atoms with E-state index in [-0.39, 0.29) is 5.75 Å². The second kappa shape index (κ2) is 9.91. The summed E-state index contributed by atoms with van der Waals surface area (Å²) in [7, 11) is 0. The number of phenols is 1. The summed E-state index contributed by atoms with van der Waals surface area (Å²) >= 11 is 0. The molecule has 2 rings (SSSR count). The molecule has 0 aliphatic carbocycles. The number of aliphatic imine (C=N–C) groups is 1. The van der Waals surface area contributed by atoms with E-state index < -0.39 is 5.97 Å². The van der Waals surface area contributed by atoms with Gasteiger partial charge in [-0.1, -0.05) is 64.0 Å². The van der Waals surface area contributed by atoms with E-state index in [4.69, 9.17) is 4.74 Å². The van der Waals surface area contributed by atoms with E-state index in [1.807, 2.05) is 0 Å². The Kier molecular flexibility index (Phi) is 7.53. The third-order valence-electron chi connectivity index (χ3n) is 4.11. The average Bonchev–Trinajstić information content (AvgIpc) is 2.92. The van der Waals surface area contributed by atoms with Crippen molar-refractivity contribution in [3.63, 3.8) is 0 Å². The number of phenolic OH excluding ortho intramolecular Hbond substituents is 1. The zero-order valence-corrected chi connectivity index (χ0v) is 14.5. The van der Waals surface area contributed by atoms with Crippen LogP contribution in [-0.4, -0.2) is 17.0 Å². The van der Waals surface area contributed by atoms with Crippen LogP contribution in [0.2, 0.25) is 0 Å². The molecule has 4 nitrogen and oxygen atoms in total. The van der Waals surface area contributed by atoms with Crippen molar-refractivity contribution in [1.82, 2.24) is 0 Å². The lowest BCUT2D eigenvalue weighted by Crippen LogP contribution is -2.03. The SMILES string of the molecule is CCCCCCCCCCC1=NC(=Cc2ccc(O)cc2)C(=O)O1. The molecular formula is C20H27NO3. The molecule has 4 heteroatoms. The zero-order chi connectivity index (χ0) is 17.2. The first kappa shape index (κ1) is 18.2. The van der Waals surface area contributed by atoms with Gasteiger partial charge in [0.25, 0.3) is 0 Å². The van der Waals surface area contributed by atoms with E-state index in [9.17, 15) is 9.90 Å². The van der Waals surface area contributed by atoms with Gasteiger partial charge in [-0.3, -0.25) is 0 Å². The molecule has 0 radical (unpaired) electrons. The fourth-order valence-corrected chi connectivity index (χ4v) is 2.70. The summed E-state index contributed by atoms with van der Waals surface area (Å²) in [6.07, 6.45) is 12.4. The number of benzene rings is 1. The molecule has 1 aliphatic rings. The molecule has 0 bridgehead atoms. The fraction of sp³-hybridized carbons (Fsp3) is 0.500. The predicted octanol–water partition coefficient (Wildman–Crippen LogP) is 5.22. The number of hydrogen-bond donors (Lipinski definition) is 1. The highest BCUT2D eigenvalue weighted by atomic mass is 16.6. The molecular weight excluding hydrogens is 302 g/mol. The average molecular weight is 329 g/mol. The highest BCUT2D eigenvalue weighted by Gasteiger charge is 2.22. The number of ether oxygens (including phenoxy) is 1. The van der Waals surface area contributed by atoms with Crippen LogP contribution in [0.3, 0.4) is 0 Å². The van der Waals surface area contributed by atoms with Crippen molar-refractivity contribution >= 4 is 17.9 Å². The molecule has 1 heterocycles. The number of carbonyl (C=O) groups excluding carboxylic acids is 1. The number of carbonyl (C=O) groups is 1. The molecule has 24 heavy (non-hydrogen) atoms. The minimum absolute atomic E-state index is 0.199. The van der Waals surface area contributed by atoms with Crippen molar-refractivity contribution in [2.75, 3.05) is 0 Å². The topological polar surface area (TPSA) is 58.9 Å². The smallest absolute Gasteiger partial charge is 0.363 e. The van der Waals surface area contributed by atoms with Crippen LogP contribution in [0.1, 0.15) is 70.3 Å². The molecule has 0 saturated heterocycles. The summed E-state index contributed by atoms with van der Waals surface area (Å²) in [6, 6.07) is 6.64. The van der Waals surface area contributed by atoms with Gasteiger partial charge in [-0.05, 0) is 30.2 Å².